The second kappa shape index (κ2) is 3.00. The van der Waals surface area contributed by atoms with E-state index in [4.69, 9.17) is 0 Å². The van der Waals surface area contributed by atoms with Crippen LogP contribution >= 0.6 is 0 Å². The predicted octanol–water partition coefficient (Wildman–Crippen LogP) is 2.52. The monoisotopic (exact) mass is 179 g/mol. The number of hydrogen-bond acceptors (Lipinski definition) is 1. The van der Waals surface area contributed by atoms with Gasteiger partial charge in [0.15, 0.2) is 0 Å². The van der Waals surface area contributed by atoms with Crippen LogP contribution in [0.2, 0.25) is 0 Å². The van der Waals surface area contributed by atoms with Crippen LogP contribution < -0.4 is 4.74 Å². The smallest absolute Gasteiger partial charge is 0.406 e. The van der Waals surface area contributed by atoms with Crippen LogP contribution in [0.1, 0.15) is 0 Å². The van der Waals surface area contributed by atoms with Crippen molar-refractivity contribution in [2.45, 2.75) is 6.36 Å². The van der Waals surface area contributed by atoms with Gasteiger partial charge in [0, 0.05) is 12.1 Å². The fourth-order valence-electron chi connectivity index (χ4n) is 0.615. The Morgan fingerprint density at radius 1 is 1.33 bits per heavy atom. The largest absolute Gasteiger partial charge is 0.573 e. The lowest BCUT2D eigenvalue weighted by Gasteiger charge is -2.07. The fraction of sp³-hybridized carbons (Fsp3) is 0.143. The minimum absolute atomic E-state index is 0.584. The molecule has 5 heteroatoms. The minimum Gasteiger partial charge on any atom is -0.406 e. The highest BCUT2D eigenvalue weighted by atomic mass is 19.4. The average Bonchev–Trinajstić information content (AvgIpc) is 1.82. The van der Waals surface area contributed by atoms with Gasteiger partial charge in [0.2, 0.25) is 0 Å². The summed E-state index contributed by atoms with van der Waals surface area (Å²) in [7, 11) is 0. The van der Waals surface area contributed by atoms with Crippen molar-refractivity contribution < 1.29 is 22.3 Å². The lowest BCUT2D eigenvalue weighted by molar-refractivity contribution is -0.274. The molecule has 0 amide bonds. The van der Waals surface area contributed by atoms with Gasteiger partial charge >= 0.3 is 6.36 Å². The average molecular weight is 179 g/mol. The normalized spacial score (nSPS) is 11.3. The number of halogens is 4. The molecular weight excluding hydrogens is 176 g/mol. The molecule has 0 fully saturated rings. The van der Waals surface area contributed by atoms with Crippen molar-refractivity contribution in [3.8, 4) is 5.75 Å². The second-order valence-corrected chi connectivity index (χ2v) is 1.92. The van der Waals surface area contributed by atoms with Crippen molar-refractivity contribution in [2.75, 3.05) is 0 Å². The van der Waals surface area contributed by atoms with Crippen molar-refractivity contribution in [3.05, 3.63) is 30.1 Å². The molecule has 1 nitrogen and oxygen atoms in total. The predicted molar refractivity (Wildman–Crippen MR) is 31.9 cm³/mol. The Labute approximate surface area is 65.6 Å². The highest BCUT2D eigenvalue weighted by molar-refractivity contribution is 5.21. The number of benzene rings is 1. The van der Waals surface area contributed by atoms with Crippen LogP contribution in [0, 0.1) is 11.9 Å². The molecule has 0 aliphatic carbocycles. The molecule has 0 atom stereocenters. The summed E-state index contributed by atoms with van der Waals surface area (Å²) in [6, 6.07) is 4.63. The summed E-state index contributed by atoms with van der Waals surface area (Å²) in [5.41, 5.74) is 0. The fourth-order valence-corrected chi connectivity index (χ4v) is 0.615. The van der Waals surface area contributed by atoms with E-state index in [0.29, 0.717) is 6.07 Å². The quantitative estimate of drug-likeness (QED) is 0.602. The summed E-state index contributed by atoms with van der Waals surface area (Å²) in [6.45, 7) is 0. The molecular formula is C7H3F4O. The molecule has 0 aliphatic rings. The minimum atomic E-state index is -4.78. The molecule has 0 bridgehead atoms. The molecule has 0 heterocycles. The summed E-state index contributed by atoms with van der Waals surface area (Å²) >= 11 is 0. The molecule has 1 rings (SSSR count). The van der Waals surface area contributed by atoms with Crippen LogP contribution in [-0.4, -0.2) is 6.36 Å². The maximum atomic E-state index is 12.2. The van der Waals surface area contributed by atoms with Crippen molar-refractivity contribution in [2.24, 2.45) is 0 Å². The third-order valence-electron chi connectivity index (χ3n) is 0.971. The third kappa shape index (κ3) is 2.77. The van der Waals surface area contributed by atoms with Gasteiger partial charge in [-0.2, -0.15) is 0 Å². The van der Waals surface area contributed by atoms with Gasteiger partial charge in [-0.05, 0) is 12.1 Å². The molecule has 1 radical (unpaired) electrons. The molecule has 12 heavy (non-hydrogen) atoms. The molecule has 0 N–H and O–H groups in total. The van der Waals surface area contributed by atoms with E-state index in [1.165, 1.54) is 0 Å². The van der Waals surface area contributed by atoms with Crippen LogP contribution in [0.3, 0.4) is 0 Å². The molecule has 0 unspecified atom stereocenters. The van der Waals surface area contributed by atoms with Crippen LogP contribution in [0.15, 0.2) is 18.2 Å². The Balaban J connectivity index is 2.77. The molecule has 0 aromatic heterocycles. The Kier molecular flexibility index (Phi) is 2.21. The highest BCUT2D eigenvalue weighted by Crippen LogP contribution is 2.22. The Morgan fingerprint density at radius 2 is 2.00 bits per heavy atom. The topological polar surface area (TPSA) is 9.23 Å². The lowest BCUT2D eigenvalue weighted by Crippen LogP contribution is -2.17. The first-order chi connectivity index (χ1) is 5.47. The summed E-state index contributed by atoms with van der Waals surface area (Å²) in [5, 5.41) is 0. The Bertz CT molecular complexity index is 268. The van der Waals surface area contributed by atoms with Crippen molar-refractivity contribution in [1.82, 2.24) is 0 Å². The molecule has 0 saturated carbocycles. The van der Waals surface area contributed by atoms with E-state index in [1.807, 2.05) is 6.07 Å². The van der Waals surface area contributed by atoms with Crippen LogP contribution in [0.4, 0.5) is 17.6 Å². The van der Waals surface area contributed by atoms with E-state index >= 15 is 0 Å². The first-order valence-electron chi connectivity index (χ1n) is 2.90. The SMILES string of the molecule is Fc1[c]ccc(OC(F)(F)F)c1. The van der Waals surface area contributed by atoms with E-state index in [-0.39, 0.29) is 0 Å². The van der Waals surface area contributed by atoms with Crippen molar-refractivity contribution in [3.63, 3.8) is 0 Å². The standard InChI is InChI=1S/C7H3F4O/c8-5-2-1-3-6(4-5)12-7(9,10)11/h1,3-4H. The van der Waals surface area contributed by atoms with Crippen LogP contribution in [0.25, 0.3) is 0 Å². The van der Waals surface area contributed by atoms with E-state index in [0.717, 1.165) is 12.1 Å². The molecule has 0 aliphatic heterocycles. The first kappa shape index (κ1) is 8.83. The molecule has 0 spiro atoms. The zero-order valence-corrected chi connectivity index (χ0v) is 5.65. The zero-order valence-electron chi connectivity index (χ0n) is 5.65. The summed E-state index contributed by atoms with van der Waals surface area (Å²) in [5.74, 6) is -1.48. The Hall–Kier alpha value is -1.26. The van der Waals surface area contributed by atoms with Gasteiger partial charge in [-0.1, -0.05) is 0 Å². The second-order valence-electron chi connectivity index (χ2n) is 1.92. The van der Waals surface area contributed by atoms with Gasteiger partial charge in [-0.3, -0.25) is 0 Å². The van der Waals surface area contributed by atoms with Gasteiger partial charge in [-0.15, -0.1) is 13.2 Å². The number of hydrogen-bond donors (Lipinski definition) is 0. The Morgan fingerprint density at radius 3 is 2.50 bits per heavy atom. The number of rotatable bonds is 1. The maximum absolute atomic E-state index is 12.2. The van der Waals surface area contributed by atoms with Gasteiger partial charge in [0.05, 0.1) is 0 Å². The van der Waals surface area contributed by atoms with E-state index in [9.17, 15) is 17.6 Å². The van der Waals surface area contributed by atoms with Crippen molar-refractivity contribution >= 4 is 0 Å². The van der Waals surface area contributed by atoms with Gasteiger partial charge in [0.1, 0.15) is 11.6 Å². The van der Waals surface area contributed by atoms with Crippen LogP contribution in [0.5, 0.6) is 5.75 Å². The number of alkyl halides is 3. The van der Waals surface area contributed by atoms with Gasteiger partial charge in [-0.25, -0.2) is 4.39 Å². The lowest BCUT2D eigenvalue weighted by atomic mass is 10.3. The number of ether oxygens (including phenoxy) is 1. The zero-order chi connectivity index (χ0) is 9.19. The van der Waals surface area contributed by atoms with E-state index in [2.05, 4.69) is 4.74 Å². The van der Waals surface area contributed by atoms with E-state index in [1.54, 1.807) is 0 Å². The van der Waals surface area contributed by atoms with Gasteiger partial charge < -0.3 is 4.74 Å². The summed E-state index contributed by atoms with van der Waals surface area (Å²) < 4.78 is 50.2. The summed E-state index contributed by atoms with van der Waals surface area (Å²) in [4.78, 5) is 0. The van der Waals surface area contributed by atoms with E-state index < -0.39 is 17.9 Å². The molecule has 0 saturated heterocycles. The molecule has 1 aromatic rings. The summed E-state index contributed by atoms with van der Waals surface area (Å²) in [6.07, 6.45) is -4.78. The molecule has 1 aromatic carbocycles. The highest BCUT2D eigenvalue weighted by Gasteiger charge is 2.31. The third-order valence-corrected chi connectivity index (χ3v) is 0.971. The van der Waals surface area contributed by atoms with Crippen LogP contribution in [-0.2, 0) is 0 Å². The van der Waals surface area contributed by atoms with Crippen molar-refractivity contribution in [1.29, 1.82) is 0 Å². The maximum Gasteiger partial charge on any atom is 0.573 e. The van der Waals surface area contributed by atoms with Gasteiger partial charge in [0.25, 0.3) is 0 Å². The molecule has 65 valence electrons. The first-order valence-corrected chi connectivity index (χ1v) is 2.90.